The quantitative estimate of drug-likeness (QED) is 0.171. The summed E-state index contributed by atoms with van der Waals surface area (Å²) in [7, 11) is 0. The highest BCUT2D eigenvalue weighted by molar-refractivity contribution is 5.88. The van der Waals surface area contributed by atoms with Crippen LogP contribution in [0.1, 0.15) is 43.0 Å². The molecule has 254 valence electrons. The molecule has 0 fully saturated rings. The van der Waals surface area contributed by atoms with E-state index in [2.05, 4.69) is 0 Å². The van der Waals surface area contributed by atoms with E-state index < -0.39 is 80.9 Å². The van der Waals surface area contributed by atoms with Gasteiger partial charge in [0.05, 0.1) is 11.1 Å². The summed E-state index contributed by atoms with van der Waals surface area (Å²) in [5.74, 6) is -13.8. The van der Waals surface area contributed by atoms with E-state index in [0.717, 1.165) is 0 Å². The van der Waals surface area contributed by atoms with E-state index in [1.165, 1.54) is 0 Å². The lowest BCUT2D eigenvalue weighted by atomic mass is 9.82. The number of hydrogen-bond donors (Lipinski definition) is 2. The van der Waals surface area contributed by atoms with Crippen molar-refractivity contribution in [3.8, 4) is 11.1 Å². The van der Waals surface area contributed by atoms with Crippen molar-refractivity contribution in [2.75, 3.05) is 0 Å². The van der Waals surface area contributed by atoms with Gasteiger partial charge < -0.3 is 10.2 Å². The topological polar surface area (TPSA) is 74.6 Å². The average Bonchev–Trinajstić information content (AvgIpc) is 3.03. The maximum absolute atomic E-state index is 15.7. The number of hydrogen-bond acceptors (Lipinski definition) is 2. The summed E-state index contributed by atoms with van der Waals surface area (Å²) in [5, 5.41) is 17.8. The summed E-state index contributed by atoms with van der Waals surface area (Å²) in [6, 6.07) is 7.35. The van der Waals surface area contributed by atoms with Crippen molar-refractivity contribution in [2.24, 2.45) is 0 Å². The van der Waals surface area contributed by atoms with Crippen LogP contribution in [0.2, 0.25) is 0 Å². The van der Waals surface area contributed by atoms with Gasteiger partial charge in [-0.15, -0.1) is 0 Å². The fourth-order valence-electron chi connectivity index (χ4n) is 4.87. The van der Waals surface area contributed by atoms with Gasteiger partial charge in [-0.05, 0) is 35.4 Å². The Bertz CT molecular complexity index is 1660. The number of aromatic carboxylic acids is 2. The molecule has 0 aliphatic rings. The molecule has 0 aliphatic carbocycles. The smallest absolute Gasteiger partial charge is 0.433 e. The summed E-state index contributed by atoms with van der Waals surface area (Å²) in [6.07, 6.45) is -12.5. The second-order valence-corrected chi connectivity index (χ2v) is 10.4. The van der Waals surface area contributed by atoms with E-state index in [1.807, 2.05) is 0 Å². The summed E-state index contributed by atoms with van der Waals surface area (Å²) < 4.78 is 176. The van der Waals surface area contributed by atoms with Crippen LogP contribution in [0.15, 0.2) is 97.1 Å². The zero-order valence-corrected chi connectivity index (χ0v) is 23.5. The van der Waals surface area contributed by atoms with Gasteiger partial charge in [-0.25, -0.2) is 18.4 Å². The molecule has 16 heteroatoms. The molecule has 0 spiro atoms. The Morgan fingerprint density at radius 1 is 0.375 bits per heavy atom. The third-order valence-electron chi connectivity index (χ3n) is 7.53. The van der Waals surface area contributed by atoms with E-state index in [-0.39, 0.29) is 11.1 Å². The first-order chi connectivity index (χ1) is 22.0. The van der Waals surface area contributed by atoms with Gasteiger partial charge in [0.15, 0.2) is 0 Å². The molecule has 0 radical (unpaired) electrons. The molecule has 0 saturated heterocycles. The summed E-state index contributed by atoms with van der Waals surface area (Å²) in [4.78, 5) is 21.9. The van der Waals surface area contributed by atoms with Gasteiger partial charge in [-0.1, -0.05) is 72.8 Å². The number of alkyl halides is 12. The van der Waals surface area contributed by atoms with Crippen molar-refractivity contribution < 1.29 is 72.5 Å². The zero-order chi connectivity index (χ0) is 36.1. The first-order valence-corrected chi connectivity index (χ1v) is 13.2. The lowest BCUT2D eigenvalue weighted by molar-refractivity contribution is -0.315. The predicted octanol–water partition coefficient (Wildman–Crippen LogP) is 9.79. The highest BCUT2D eigenvalue weighted by Gasteiger charge is 2.73. The van der Waals surface area contributed by atoms with E-state index in [0.29, 0.717) is 97.1 Å². The van der Waals surface area contributed by atoms with E-state index in [1.54, 1.807) is 0 Å². The summed E-state index contributed by atoms with van der Waals surface area (Å²) in [6.45, 7) is 0. The van der Waals surface area contributed by atoms with E-state index in [4.69, 9.17) is 10.2 Å². The van der Waals surface area contributed by atoms with Gasteiger partial charge in [0.25, 0.3) is 11.3 Å². The maximum Gasteiger partial charge on any atom is 0.433 e. The molecule has 0 saturated carbocycles. The molecule has 0 aliphatic heterocycles. The molecule has 4 nitrogen and oxygen atoms in total. The van der Waals surface area contributed by atoms with E-state index >= 15 is 26.3 Å². The first-order valence-electron chi connectivity index (χ1n) is 13.2. The molecular formula is C32H18F12O4. The van der Waals surface area contributed by atoms with Crippen LogP contribution in [-0.4, -0.2) is 34.5 Å². The minimum atomic E-state index is -6.24. The zero-order valence-electron chi connectivity index (χ0n) is 23.5. The van der Waals surface area contributed by atoms with Crippen molar-refractivity contribution in [2.45, 2.75) is 35.5 Å². The number of carbonyl (C=O) groups is 2. The third-order valence-corrected chi connectivity index (χ3v) is 7.53. The second-order valence-electron chi connectivity index (χ2n) is 10.4. The van der Waals surface area contributed by atoms with Crippen LogP contribution in [0.3, 0.4) is 0 Å². The third kappa shape index (κ3) is 5.72. The number of benzene rings is 4. The molecule has 2 unspecified atom stereocenters. The van der Waals surface area contributed by atoms with Crippen LogP contribution in [0, 0.1) is 0 Å². The Morgan fingerprint density at radius 3 is 0.812 bits per heavy atom. The Hall–Kier alpha value is -5.02. The Kier molecular flexibility index (Phi) is 8.88. The number of carboxylic acid groups (broad SMARTS) is 2. The number of rotatable bonds is 9. The van der Waals surface area contributed by atoms with Crippen LogP contribution in [0.5, 0.6) is 0 Å². The van der Waals surface area contributed by atoms with Crippen LogP contribution >= 0.6 is 0 Å². The molecule has 48 heavy (non-hydrogen) atoms. The van der Waals surface area contributed by atoms with Crippen molar-refractivity contribution in [1.82, 2.24) is 0 Å². The molecule has 4 aromatic carbocycles. The van der Waals surface area contributed by atoms with Crippen molar-refractivity contribution in [3.63, 3.8) is 0 Å². The Morgan fingerprint density at radius 2 is 0.604 bits per heavy atom. The summed E-state index contributed by atoms with van der Waals surface area (Å²) >= 11 is 0. The van der Waals surface area contributed by atoms with Gasteiger partial charge >= 0.3 is 36.1 Å². The molecule has 2 N–H and O–H groups in total. The normalized spacial score (nSPS) is 15.3. The fraction of sp³-hybridized carbons (Fsp3) is 0.188. The van der Waals surface area contributed by atoms with Crippen LogP contribution in [0.4, 0.5) is 52.7 Å². The highest BCUT2D eigenvalue weighted by Crippen LogP contribution is 2.58. The maximum atomic E-state index is 15.7. The first kappa shape index (κ1) is 35.8. The molecule has 4 rings (SSSR count). The van der Waals surface area contributed by atoms with Crippen molar-refractivity contribution >= 4 is 11.9 Å². The molecule has 4 aromatic rings. The fourth-order valence-corrected chi connectivity index (χ4v) is 4.87. The molecule has 0 bridgehead atoms. The lowest BCUT2D eigenvalue weighted by Gasteiger charge is -2.36. The Balaban J connectivity index is 1.72. The van der Waals surface area contributed by atoms with Gasteiger partial charge in [-0.2, -0.15) is 43.9 Å². The predicted molar refractivity (Wildman–Crippen MR) is 144 cm³/mol. The van der Waals surface area contributed by atoms with Crippen LogP contribution in [0.25, 0.3) is 11.1 Å². The van der Waals surface area contributed by atoms with Gasteiger partial charge in [0.1, 0.15) is 0 Å². The van der Waals surface area contributed by atoms with Crippen molar-refractivity contribution in [3.05, 3.63) is 130 Å². The molecule has 0 amide bonds. The van der Waals surface area contributed by atoms with Crippen molar-refractivity contribution in [1.29, 1.82) is 0 Å². The molecule has 0 heterocycles. The molecule has 2 atom stereocenters. The largest absolute Gasteiger partial charge is 0.478 e. The minimum Gasteiger partial charge on any atom is -0.478 e. The SMILES string of the molecule is O=C(O)c1ccc(C(F)(F)C(F)(c2ccc(-c3ccc(C(F)(C(F)(F)F)C(F)(F)c4ccc(C(=O)O)cc4)cc3)cc2)C(F)(F)F)cc1. The van der Waals surface area contributed by atoms with Crippen LogP contribution < -0.4 is 0 Å². The minimum absolute atomic E-state index is 0.226. The van der Waals surface area contributed by atoms with Crippen LogP contribution in [-0.2, 0) is 23.2 Å². The van der Waals surface area contributed by atoms with Gasteiger partial charge in [0.2, 0.25) is 0 Å². The van der Waals surface area contributed by atoms with E-state index in [9.17, 15) is 35.9 Å². The molecule has 0 aromatic heterocycles. The average molecular weight is 694 g/mol. The number of carboxylic acids is 2. The highest BCUT2D eigenvalue weighted by atomic mass is 19.4. The second kappa shape index (κ2) is 11.9. The molecular weight excluding hydrogens is 676 g/mol. The monoisotopic (exact) mass is 694 g/mol. The summed E-state index contributed by atoms with van der Waals surface area (Å²) in [5.41, 5.74) is -18.6. The Labute approximate surface area is 261 Å². The van der Waals surface area contributed by atoms with Gasteiger partial charge in [-0.3, -0.25) is 0 Å². The number of halogens is 12. The van der Waals surface area contributed by atoms with Gasteiger partial charge in [0, 0.05) is 22.3 Å². The lowest BCUT2D eigenvalue weighted by Crippen LogP contribution is -2.51. The standard InChI is InChI=1S/C32H18F12O4/c33-27(31(39,40)41,29(35,36)23-13-5-19(6-14-23)25(45)46)21-9-1-17(2-10-21)18-3-11-22(12-4-18)28(34,32(42,43)44)30(37,38)24-15-7-20(8-16-24)26(47)48/h1-16H,(H,45,46)(H,47,48).